The molecule has 0 spiro atoms. The van der Waals surface area contributed by atoms with Crippen molar-refractivity contribution in [1.29, 1.82) is 0 Å². The van der Waals surface area contributed by atoms with E-state index in [-0.39, 0.29) is 5.76 Å². The summed E-state index contributed by atoms with van der Waals surface area (Å²) in [6.07, 6.45) is 0. The van der Waals surface area contributed by atoms with Gasteiger partial charge in [-0.25, -0.2) is 9.59 Å². The fourth-order valence-corrected chi connectivity index (χ4v) is 1.48. The molecule has 86 valence electrons. The number of esters is 1. The number of rotatable bonds is 2. The summed E-state index contributed by atoms with van der Waals surface area (Å²) in [5.74, 6) is -0.765. The molecule has 0 saturated carbocycles. The molecule has 2 aromatic rings. The summed E-state index contributed by atoms with van der Waals surface area (Å²) < 4.78 is 9.27. The monoisotopic (exact) mass is 230 g/mol. The molecule has 0 unspecified atom stereocenters. The molecule has 0 amide bonds. The van der Waals surface area contributed by atoms with Crippen molar-refractivity contribution in [3.63, 3.8) is 0 Å². The maximum Gasteiger partial charge on any atom is 0.374 e. The van der Waals surface area contributed by atoms with Crippen LogP contribution in [0.3, 0.4) is 0 Å². The van der Waals surface area contributed by atoms with Gasteiger partial charge in [0.25, 0.3) is 0 Å². The summed E-state index contributed by atoms with van der Waals surface area (Å²) in [6.45, 7) is 0. The lowest BCUT2D eigenvalue weighted by Crippen LogP contribution is -2.07. The molecule has 4 nitrogen and oxygen atoms in total. The lowest BCUT2D eigenvalue weighted by molar-refractivity contribution is 0.0559. The molecular formula is C13H10O4. The highest BCUT2D eigenvalue weighted by atomic mass is 16.5. The van der Waals surface area contributed by atoms with Crippen LogP contribution in [0.15, 0.2) is 51.7 Å². The van der Waals surface area contributed by atoms with Crippen LogP contribution in [-0.4, -0.2) is 13.1 Å². The number of methoxy groups -OCH3 is 1. The minimum Gasteiger partial charge on any atom is -0.463 e. The summed E-state index contributed by atoms with van der Waals surface area (Å²) in [4.78, 5) is 22.6. The second-order valence-corrected chi connectivity index (χ2v) is 3.39. The zero-order valence-corrected chi connectivity index (χ0v) is 9.17. The average molecular weight is 230 g/mol. The molecule has 0 fully saturated rings. The number of hydrogen-bond acceptors (Lipinski definition) is 4. The van der Waals surface area contributed by atoms with Gasteiger partial charge < -0.3 is 9.15 Å². The van der Waals surface area contributed by atoms with E-state index < -0.39 is 11.6 Å². The summed E-state index contributed by atoms with van der Waals surface area (Å²) in [5, 5.41) is 0. The third-order valence-electron chi connectivity index (χ3n) is 2.26. The van der Waals surface area contributed by atoms with Crippen molar-refractivity contribution in [1.82, 2.24) is 0 Å². The Morgan fingerprint density at radius 2 is 1.82 bits per heavy atom. The first-order valence-electron chi connectivity index (χ1n) is 4.99. The van der Waals surface area contributed by atoms with Crippen molar-refractivity contribution in [3.8, 4) is 11.1 Å². The van der Waals surface area contributed by atoms with E-state index in [9.17, 15) is 9.59 Å². The average Bonchev–Trinajstić information content (AvgIpc) is 2.38. The third-order valence-corrected chi connectivity index (χ3v) is 2.26. The minimum atomic E-state index is -0.667. The highest BCUT2D eigenvalue weighted by Gasteiger charge is 2.11. The molecular weight excluding hydrogens is 220 g/mol. The predicted molar refractivity (Wildman–Crippen MR) is 61.8 cm³/mol. The fraction of sp³-hybridized carbons (Fsp3) is 0.0769. The predicted octanol–water partition coefficient (Wildman–Crippen LogP) is 2.09. The van der Waals surface area contributed by atoms with Gasteiger partial charge in [0.05, 0.1) is 7.11 Å². The first-order chi connectivity index (χ1) is 8.20. The molecule has 0 aliphatic rings. The standard InChI is InChI=1S/C13H10O4/c1-16-13(15)11-7-10(8-12(14)17-11)9-5-3-2-4-6-9/h2-8H,1H3. The van der Waals surface area contributed by atoms with Crippen LogP contribution < -0.4 is 5.63 Å². The van der Waals surface area contributed by atoms with E-state index in [1.807, 2.05) is 30.3 Å². The number of carbonyl (C=O) groups excluding carboxylic acids is 1. The van der Waals surface area contributed by atoms with Gasteiger partial charge in [-0.15, -0.1) is 0 Å². The fourth-order valence-electron chi connectivity index (χ4n) is 1.48. The normalized spacial score (nSPS) is 9.94. The lowest BCUT2D eigenvalue weighted by Gasteiger charge is -2.02. The third kappa shape index (κ3) is 2.42. The van der Waals surface area contributed by atoms with Gasteiger partial charge in [0.2, 0.25) is 5.76 Å². The molecule has 1 heterocycles. The first kappa shape index (κ1) is 11.1. The topological polar surface area (TPSA) is 56.5 Å². The van der Waals surface area contributed by atoms with E-state index >= 15 is 0 Å². The smallest absolute Gasteiger partial charge is 0.374 e. The van der Waals surface area contributed by atoms with Gasteiger partial charge in [-0.05, 0) is 17.2 Å². The summed E-state index contributed by atoms with van der Waals surface area (Å²) in [7, 11) is 1.23. The van der Waals surface area contributed by atoms with Crippen molar-refractivity contribution in [2.45, 2.75) is 0 Å². The molecule has 0 bridgehead atoms. The van der Waals surface area contributed by atoms with Crippen molar-refractivity contribution >= 4 is 5.97 Å². The summed E-state index contributed by atoms with van der Waals surface area (Å²) in [5.41, 5.74) is 0.888. The molecule has 1 aromatic carbocycles. The highest BCUT2D eigenvalue weighted by Crippen LogP contribution is 2.18. The Morgan fingerprint density at radius 1 is 1.12 bits per heavy atom. The van der Waals surface area contributed by atoms with E-state index in [0.717, 1.165) is 5.56 Å². The largest absolute Gasteiger partial charge is 0.463 e. The van der Waals surface area contributed by atoms with Crippen molar-refractivity contribution in [3.05, 3.63) is 58.6 Å². The van der Waals surface area contributed by atoms with E-state index in [1.54, 1.807) is 0 Å². The Kier molecular flexibility index (Phi) is 3.05. The van der Waals surface area contributed by atoms with Crippen LogP contribution in [0.5, 0.6) is 0 Å². The van der Waals surface area contributed by atoms with Crippen molar-refractivity contribution in [2.75, 3.05) is 7.11 Å². The Hall–Kier alpha value is -2.36. The van der Waals surface area contributed by atoms with Gasteiger partial charge in [-0.1, -0.05) is 30.3 Å². The molecule has 17 heavy (non-hydrogen) atoms. The second kappa shape index (κ2) is 4.65. The van der Waals surface area contributed by atoms with Gasteiger partial charge >= 0.3 is 11.6 Å². The highest BCUT2D eigenvalue weighted by molar-refractivity contribution is 5.87. The van der Waals surface area contributed by atoms with Gasteiger partial charge in [0.1, 0.15) is 0 Å². The van der Waals surface area contributed by atoms with Crippen LogP contribution in [-0.2, 0) is 4.74 Å². The Balaban J connectivity index is 2.53. The van der Waals surface area contributed by atoms with Crippen LogP contribution in [0.1, 0.15) is 10.6 Å². The molecule has 0 aliphatic heterocycles. The molecule has 4 heteroatoms. The number of hydrogen-bond donors (Lipinski definition) is 0. The van der Waals surface area contributed by atoms with Crippen LogP contribution in [0.25, 0.3) is 11.1 Å². The summed E-state index contributed by atoms with van der Waals surface area (Å²) >= 11 is 0. The Morgan fingerprint density at radius 3 is 2.47 bits per heavy atom. The zero-order chi connectivity index (χ0) is 12.3. The van der Waals surface area contributed by atoms with Crippen LogP contribution in [0.4, 0.5) is 0 Å². The molecule has 0 aliphatic carbocycles. The molecule has 0 atom stereocenters. The van der Waals surface area contributed by atoms with E-state index in [2.05, 4.69) is 4.74 Å². The Labute approximate surface area is 97.5 Å². The number of benzene rings is 1. The van der Waals surface area contributed by atoms with Crippen LogP contribution >= 0.6 is 0 Å². The van der Waals surface area contributed by atoms with E-state index in [0.29, 0.717) is 5.56 Å². The summed E-state index contributed by atoms with van der Waals surface area (Å²) in [6, 6.07) is 12.1. The number of ether oxygens (including phenoxy) is 1. The van der Waals surface area contributed by atoms with Crippen LogP contribution in [0.2, 0.25) is 0 Å². The van der Waals surface area contributed by atoms with E-state index in [4.69, 9.17) is 4.42 Å². The van der Waals surface area contributed by atoms with Crippen molar-refractivity contribution in [2.24, 2.45) is 0 Å². The molecule has 0 saturated heterocycles. The molecule has 2 rings (SSSR count). The van der Waals surface area contributed by atoms with E-state index in [1.165, 1.54) is 19.2 Å². The van der Waals surface area contributed by atoms with Crippen molar-refractivity contribution < 1.29 is 13.9 Å². The van der Waals surface area contributed by atoms with Gasteiger partial charge in [0, 0.05) is 6.07 Å². The Bertz CT molecular complexity index is 584. The minimum absolute atomic E-state index is 0.0983. The van der Waals surface area contributed by atoms with Gasteiger partial charge in [-0.2, -0.15) is 0 Å². The quantitative estimate of drug-likeness (QED) is 0.741. The zero-order valence-electron chi connectivity index (χ0n) is 9.17. The number of carbonyl (C=O) groups is 1. The maximum absolute atomic E-state index is 11.3. The molecule has 0 N–H and O–H groups in total. The van der Waals surface area contributed by atoms with Crippen LogP contribution in [0, 0.1) is 0 Å². The maximum atomic E-state index is 11.3. The molecule has 1 aromatic heterocycles. The van der Waals surface area contributed by atoms with Gasteiger partial charge in [0.15, 0.2) is 0 Å². The molecule has 0 radical (unpaired) electrons. The SMILES string of the molecule is COC(=O)c1cc(-c2ccccc2)cc(=O)o1. The first-order valence-corrected chi connectivity index (χ1v) is 4.99. The second-order valence-electron chi connectivity index (χ2n) is 3.39. The lowest BCUT2D eigenvalue weighted by atomic mass is 10.1. The van der Waals surface area contributed by atoms with Gasteiger partial charge in [-0.3, -0.25) is 0 Å².